The van der Waals surface area contributed by atoms with Crippen molar-refractivity contribution in [2.75, 3.05) is 0 Å². The molecule has 0 spiro atoms. The van der Waals surface area contributed by atoms with E-state index in [0.29, 0.717) is 0 Å². The van der Waals surface area contributed by atoms with E-state index in [9.17, 15) is 21.6 Å². The van der Waals surface area contributed by atoms with Gasteiger partial charge in [-0.3, -0.25) is 0 Å². The molecular formula is C8H3F3NO3S. The molecule has 1 radical (unpaired) electrons. The zero-order valence-electron chi connectivity index (χ0n) is 7.45. The first-order valence-electron chi connectivity index (χ1n) is 3.69. The molecule has 1 aromatic rings. The molecule has 0 atom stereocenters. The quantitative estimate of drug-likeness (QED) is 0.590. The molecule has 0 aromatic heterocycles. The molecule has 0 fully saturated rings. The molecule has 0 aliphatic rings. The van der Waals surface area contributed by atoms with E-state index in [1.165, 1.54) is 12.1 Å². The van der Waals surface area contributed by atoms with Gasteiger partial charge in [0.05, 0.1) is 5.56 Å². The van der Waals surface area contributed by atoms with E-state index in [1.807, 2.05) is 0 Å². The van der Waals surface area contributed by atoms with Crippen molar-refractivity contribution in [3.8, 4) is 11.8 Å². The van der Waals surface area contributed by atoms with Crippen molar-refractivity contribution in [3.05, 3.63) is 29.8 Å². The zero-order chi connectivity index (χ0) is 12.4. The zero-order valence-corrected chi connectivity index (χ0v) is 8.26. The van der Waals surface area contributed by atoms with Gasteiger partial charge in [0, 0.05) is 0 Å². The SMILES string of the molecule is N#Cc1cc[c]cc1OS(=O)(=O)C(F)(F)F. The molecule has 85 valence electrons. The molecule has 0 N–H and O–H groups in total. The number of halogens is 3. The molecule has 0 amide bonds. The van der Waals surface area contributed by atoms with E-state index in [2.05, 4.69) is 10.2 Å². The fourth-order valence-corrected chi connectivity index (χ4v) is 1.21. The normalized spacial score (nSPS) is 11.9. The third kappa shape index (κ3) is 2.43. The van der Waals surface area contributed by atoms with Crippen molar-refractivity contribution in [3.63, 3.8) is 0 Å². The lowest BCUT2D eigenvalue weighted by molar-refractivity contribution is -0.0500. The monoisotopic (exact) mass is 250 g/mol. The topological polar surface area (TPSA) is 67.2 Å². The van der Waals surface area contributed by atoms with Crippen LogP contribution in [0.2, 0.25) is 0 Å². The largest absolute Gasteiger partial charge is 0.534 e. The van der Waals surface area contributed by atoms with E-state index >= 15 is 0 Å². The lowest BCUT2D eigenvalue weighted by Crippen LogP contribution is -2.28. The van der Waals surface area contributed by atoms with Gasteiger partial charge in [-0.15, -0.1) is 0 Å². The van der Waals surface area contributed by atoms with Crippen molar-refractivity contribution >= 4 is 10.1 Å². The summed E-state index contributed by atoms with van der Waals surface area (Å²) in [7, 11) is -5.75. The molecule has 0 saturated carbocycles. The molecular weight excluding hydrogens is 247 g/mol. The molecule has 0 bridgehead atoms. The summed E-state index contributed by atoms with van der Waals surface area (Å²) in [5, 5.41) is 8.50. The maximum absolute atomic E-state index is 11.9. The third-order valence-corrected chi connectivity index (χ3v) is 2.40. The summed E-state index contributed by atoms with van der Waals surface area (Å²) in [5.74, 6) is -0.706. The van der Waals surface area contributed by atoms with Crippen molar-refractivity contribution in [1.82, 2.24) is 0 Å². The van der Waals surface area contributed by atoms with Gasteiger partial charge in [0.2, 0.25) is 0 Å². The smallest absolute Gasteiger partial charge is 0.375 e. The van der Waals surface area contributed by atoms with Gasteiger partial charge in [-0.2, -0.15) is 26.9 Å². The van der Waals surface area contributed by atoms with Crippen LogP contribution in [0.4, 0.5) is 13.2 Å². The number of benzene rings is 1. The minimum absolute atomic E-state index is 0.327. The number of nitriles is 1. The van der Waals surface area contributed by atoms with Crippen molar-refractivity contribution in [2.45, 2.75) is 5.51 Å². The van der Waals surface area contributed by atoms with E-state index in [0.717, 1.165) is 12.1 Å². The second-order valence-corrected chi connectivity index (χ2v) is 4.06. The molecule has 4 nitrogen and oxygen atoms in total. The Balaban J connectivity index is 3.13. The van der Waals surface area contributed by atoms with Crippen LogP contribution >= 0.6 is 0 Å². The van der Waals surface area contributed by atoms with Crippen LogP contribution in [0.25, 0.3) is 0 Å². The predicted octanol–water partition coefficient (Wildman–Crippen LogP) is 1.59. The summed E-state index contributed by atoms with van der Waals surface area (Å²) in [6.45, 7) is 0. The summed E-state index contributed by atoms with van der Waals surface area (Å²) in [5.41, 5.74) is -5.86. The molecule has 16 heavy (non-hydrogen) atoms. The first kappa shape index (κ1) is 12.3. The number of hydrogen-bond acceptors (Lipinski definition) is 4. The Morgan fingerprint density at radius 1 is 1.44 bits per heavy atom. The van der Waals surface area contributed by atoms with Crippen LogP contribution in [-0.2, 0) is 10.1 Å². The molecule has 0 aliphatic carbocycles. The maximum Gasteiger partial charge on any atom is 0.534 e. The van der Waals surface area contributed by atoms with Crippen LogP contribution in [0.15, 0.2) is 18.2 Å². The lowest BCUT2D eigenvalue weighted by atomic mass is 10.2. The van der Waals surface area contributed by atoms with Crippen molar-refractivity contribution in [1.29, 1.82) is 5.26 Å². The Morgan fingerprint density at radius 3 is 2.56 bits per heavy atom. The van der Waals surface area contributed by atoms with Gasteiger partial charge in [0.15, 0.2) is 5.75 Å². The van der Waals surface area contributed by atoms with Gasteiger partial charge in [0.25, 0.3) is 0 Å². The minimum Gasteiger partial charge on any atom is -0.375 e. The second kappa shape index (κ2) is 4.02. The van der Waals surface area contributed by atoms with E-state index in [1.54, 1.807) is 0 Å². The average molecular weight is 250 g/mol. The number of nitrogens with zero attached hydrogens (tertiary/aromatic N) is 1. The van der Waals surface area contributed by atoms with Gasteiger partial charge in [-0.05, 0) is 18.2 Å². The Bertz CT molecular complexity index is 530. The lowest BCUT2D eigenvalue weighted by Gasteiger charge is -2.09. The summed E-state index contributed by atoms with van der Waals surface area (Å²) in [6.07, 6.45) is 0. The van der Waals surface area contributed by atoms with E-state index in [4.69, 9.17) is 5.26 Å². The summed E-state index contributed by atoms with van der Waals surface area (Å²) in [4.78, 5) is 0. The second-order valence-electron chi connectivity index (χ2n) is 2.52. The maximum atomic E-state index is 11.9. The molecule has 0 heterocycles. The van der Waals surface area contributed by atoms with Crippen molar-refractivity contribution < 1.29 is 25.8 Å². The van der Waals surface area contributed by atoms with Crippen molar-refractivity contribution in [2.24, 2.45) is 0 Å². The highest BCUT2D eigenvalue weighted by atomic mass is 32.2. The first-order valence-corrected chi connectivity index (χ1v) is 5.10. The number of hydrogen-bond donors (Lipinski definition) is 0. The Kier molecular flexibility index (Phi) is 3.09. The third-order valence-electron chi connectivity index (χ3n) is 1.43. The molecule has 0 saturated heterocycles. The fraction of sp³-hybridized carbons (Fsp3) is 0.125. The van der Waals surface area contributed by atoms with Gasteiger partial charge in [-0.25, -0.2) is 0 Å². The van der Waals surface area contributed by atoms with Crippen LogP contribution in [0.5, 0.6) is 5.75 Å². The molecule has 0 unspecified atom stereocenters. The van der Waals surface area contributed by atoms with Crippen LogP contribution in [-0.4, -0.2) is 13.9 Å². The predicted molar refractivity (Wildman–Crippen MR) is 45.6 cm³/mol. The highest BCUT2D eigenvalue weighted by molar-refractivity contribution is 7.88. The number of rotatable bonds is 2. The van der Waals surface area contributed by atoms with Gasteiger partial charge < -0.3 is 4.18 Å². The highest BCUT2D eigenvalue weighted by Gasteiger charge is 2.48. The molecule has 8 heteroatoms. The van der Waals surface area contributed by atoms with Crippen LogP contribution < -0.4 is 4.18 Å². The first-order chi connectivity index (χ1) is 7.28. The molecule has 1 rings (SSSR count). The van der Waals surface area contributed by atoms with Crippen LogP contribution in [0.1, 0.15) is 5.56 Å². The Labute approximate surface area is 89.0 Å². The van der Waals surface area contributed by atoms with Crippen LogP contribution in [0.3, 0.4) is 0 Å². The molecule has 1 aromatic carbocycles. The summed E-state index contributed by atoms with van der Waals surface area (Å²) in [6, 6.07) is 6.96. The number of alkyl halides is 3. The minimum atomic E-state index is -5.75. The average Bonchev–Trinajstić information content (AvgIpc) is 2.16. The summed E-state index contributed by atoms with van der Waals surface area (Å²) >= 11 is 0. The van der Waals surface area contributed by atoms with E-state index in [-0.39, 0.29) is 5.56 Å². The van der Waals surface area contributed by atoms with Gasteiger partial charge >= 0.3 is 15.6 Å². The fourth-order valence-electron chi connectivity index (χ4n) is 0.742. The van der Waals surface area contributed by atoms with Gasteiger partial charge in [-0.1, -0.05) is 6.07 Å². The van der Waals surface area contributed by atoms with Crippen LogP contribution in [0, 0.1) is 17.4 Å². The van der Waals surface area contributed by atoms with E-state index < -0.39 is 21.4 Å². The molecule has 0 aliphatic heterocycles. The standard InChI is InChI=1S/C8H3F3NO3S/c9-8(10,11)16(13,14)15-7-4-2-1-3-6(7)5-12/h1,3-4H. The Hall–Kier alpha value is -1.75. The van der Waals surface area contributed by atoms with Gasteiger partial charge in [0.1, 0.15) is 6.07 Å². The Morgan fingerprint density at radius 2 is 2.06 bits per heavy atom. The summed E-state index contributed by atoms with van der Waals surface area (Å²) < 4.78 is 60.9. The highest BCUT2D eigenvalue weighted by Crippen LogP contribution is 2.28.